The third-order valence-electron chi connectivity index (χ3n) is 5.53. The van der Waals surface area contributed by atoms with E-state index in [9.17, 15) is 8.42 Å². The first-order chi connectivity index (χ1) is 14.3. The van der Waals surface area contributed by atoms with E-state index in [0.717, 1.165) is 23.6 Å². The predicted octanol–water partition coefficient (Wildman–Crippen LogP) is 2.03. The number of fused-ring (bicyclic) bond motifs is 1. The Labute approximate surface area is 209 Å². The van der Waals surface area contributed by atoms with Gasteiger partial charge in [-0.2, -0.15) is 13.0 Å². The summed E-state index contributed by atoms with van der Waals surface area (Å²) in [5, 5.41) is 3.23. The van der Waals surface area contributed by atoms with Gasteiger partial charge < -0.3 is 6.74 Å². The van der Waals surface area contributed by atoms with E-state index in [2.05, 4.69) is 41.9 Å². The van der Waals surface area contributed by atoms with E-state index in [4.69, 9.17) is 4.55 Å². The molecule has 0 saturated heterocycles. The van der Waals surface area contributed by atoms with Gasteiger partial charge in [0.1, 0.15) is 6.54 Å². The molecule has 0 spiro atoms. The Balaban J connectivity index is 0.00000256. The number of anilines is 1. The quantitative estimate of drug-likeness (QED) is 0.266. The number of hydrogen-bond acceptors (Lipinski definition) is 3. The Morgan fingerprint density at radius 1 is 1.10 bits per heavy atom. The Bertz CT molecular complexity index is 1090. The molecular formula is C24H30N2NaO3S+. The summed E-state index contributed by atoms with van der Waals surface area (Å²) in [7, 11) is -3.97. The maximum atomic E-state index is 11.2. The fourth-order valence-corrected chi connectivity index (χ4v) is 4.62. The molecule has 2 aromatic rings. The van der Waals surface area contributed by atoms with E-state index in [1.165, 1.54) is 5.56 Å². The molecule has 0 aliphatic carbocycles. The summed E-state index contributed by atoms with van der Waals surface area (Å²) < 4.78 is 33.9. The number of para-hydroxylation sites is 2. The van der Waals surface area contributed by atoms with E-state index in [1.54, 1.807) is 0 Å². The Hall–Kier alpha value is -1.70. The minimum absolute atomic E-state index is 0. The van der Waals surface area contributed by atoms with Gasteiger partial charge in [0.25, 0.3) is 10.1 Å². The van der Waals surface area contributed by atoms with Crippen molar-refractivity contribution in [2.75, 3.05) is 17.6 Å². The first-order valence-corrected chi connectivity index (χ1v) is 11.8. The molecule has 0 amide bonds. The first-order valence-electron chi connectivity index (χ1n) is 10.2. The average molecular weight is 450 g/mol. The van der Waals surface area contributed by atoms with E-state index in [0.29, 0.717) is 12.8 Å². The molecule has 0 fully saturated rings. The van der Waals surface area contributed by atoms with Gasteiger partial charge in [-0.05, 0) is 44.9 Å². The molecule has 0 radical (unpaired) electrons. The van der Waals surface area contributed by atoms with Crippen LogP contribution in [-0.2, 0) is 15.5 Å². The third kappa shape index (κ3) is 6.40. The van der Waals surface area contributed by atoms with Crippen LogP contribution < -0.4 is 34.9 Å². The van der Waals surface area contributed by atoms with Crippen LogP contribution in [0, 0.1) is 0 Å². The summed E-state index contributed by atoms with van der Waals surface area (Å²) in [5.41, 5.74) is 4.17. The molecule has 0 aromatic heterocycles. The number of rotatable bonds is 9. The number of benzene rings is 2. The summed E-state index contributed by atoms with van der Waals surface area (Å²) in [6, 6.07) is 18.2. The van der Waals surface area contributed by atoms with Gasteiger partial charge in [0, 0.05) is 29.6 Å². The molecule has 0 saturated carbocycles. The molecule has 2 N–H and O–H groups in total. The molecule has 5 nitrogen and oxygen atoms in total. The van der Waals surface area contributed by atoms with Gasteiger partial charge in [-0.3, -0.25) is 4.55 Å². The van der Waals surface area contributed by atoms with Crippen molar-refractivity contribution < 1.29 is 48.5 Å². The SMILES string of the molecule is CC[N+]1=C(/C=C/C=C/Nc2ccccc2)C(C)(CCCS(=O)(=O)O)c2ccccc21.[H-].[Na+]. The second-order valence-corrected chi connectivity index (χ2v) is 9.17. The van der Waals surface area contributed by atoms with Crippen molar-refractivity contribution in [3.8, 4) is 0 Å². The fourth-order valence-electron chi connectivity index (χ4n) is 4.11. The summed E-state index contributed by atoms with van der Waals surface area (Å²) in [5.74, 6) is -0.227. The van der Waals surface area contributed by atoms with Crippen LogP contribution in [-0.4, -0.2) is 35.6 Å². The van der Waals surface area contributed by atoms with Crippen molar-refractivity contribution in [2.24, 2.45) is 0 Å². The molecule has 2 aromatic carbocycles. The molecule has 31 heavy (non-hydrogen) atoms. The molecular weight excluding hydrogens is 419 g/mol. The summed E-state index contributed by atoms with van der Waals surface area (Å²) in [6.07, 6.45) is 8.97. The van der Waals surface area contributed by atoms with Crippen molar-refractivity contribution in [3.63, 3.8) is 0 Å². The van der Waals surface area contributed by atoms with Crippen LogP contribution in [0.15, 0.2) is 79.0 Å². The summed E-state index contributed by atoms with van der Waals surface area (Å²) >= 11 is 0. The van der Waals surface area contributed by atoms with Crippen LogP contribution in [0.2, 0.25) is 0 Å². The largest absolute Gasteiger partial charge is 1.00 e. The van der Waals surface area contributed by atoms with Gasteiger partial charge in [0.15, 0.2) is 5.71 Å². The monoisotopic (exact) mass is 449 g/mol. The van der Waals surface area contributed by atoms with Crippen LogP contribution in [0.3, 0.4) is 0 Å². The summed E-state index contributed by atoms with van der Waals surface area (Å²) in [6.45, 7) is 5.08. The van der Waals surface area contributed by atoms with Crippen LogP contribution in [0.4, 0.5) is 11.4 Å². The normalized spacial score (nSPS) is 18.4. The number of nitrogens with one attached hydrogen (secondary N) is 1. The summed E-state index contributed by atoms with van der Waals surface area (Å²) in [4.78, 5) is 0. The van der Waals surface area contributed by atoms with E-state index in [-0.39, 0.29) is 42.2 Å². The van der Waals surface area contributed by atoms with Crippen LogP contribution >= 0.6 is 0 Å². The predicted molar refractivity (Wildman–Crippen MR) is 124 cm³/mol. The zero-order chi connectivity index (χ0) is 21.6. The van der Waals surface area contributed by atoms with Crippen molar-refractivity contribution in [2.45, 2.75) is 32.1 Å². The Kier molecular flexibility index (Phi) is 9.28. The smallest absolute Gasteiger partial charge is 1.00 e. The molecule has 1 heterocycles. The van der Waals surface area contributed by atoms with Crippen LogP contribution in [0.5, 0.6) is 0 Å². The van der Waals surface area contributed by atoms with Crippen LogP contribution in [0.1, 0.15) is 33.7 Å². The standard InChI is InChI=1S/C24H28N2O3S.Na.H/c1-3-26-22-15-8-7-14-21(22)24(2,17-11-19-30(27,28)29)23(26)16-9-10-18-25-20-12-5-4-6-13-20;;/h4-10,12-16,18H,3,11,17,19H2,1-2H3,(H,27,28,29);;/q;+1;-1/p+1. The maximum absolute atomic E-state index is 11.2. The Morgan fingerprint density at radius 2 is 1.77 bits per heavy atom. The number of hydrogen-bond donors (Lipinski definition) is 2. The zero-order valence-electron chi connectivity index (χ0n) is 19.5. The molecule has 1 atom stereocenters. The van der Waals surface area contributed by atoms with Crippen molar-refractivity contribution >= 4 is 27.2 Å². The molecule has 1 unspecified atom stereocenters. The van der Waals surface area contributed by atoms with Gasteiger partial charge in [-0.1, -0.05) is 42.5 Å². The van der Waals surface area contributed by atoms with Gasteiger partial charge in [-0.25, -0.2) is 0 Å². The number of nitrogens with zero attached hydrogens (tertiary/aromatic N) is 1. The molecule has 160 valence electrons. The van der Waals surface area contributed by atoms with Gasteiger partial charge in [-0.15, -0.1) is 0 Å². The molecule has 0 bridgehead atoms. The molecule has 1 aliphatic heterocycles. The minimum Gasteiger partial charge on any atom is -1.00 e. The van der Waals surface area contributed by atoms with Gasteiger partial charge >= 0.3 is 29.6 Å². The van der Waals surface area contributed by atoms with Crippen LogP contribution in [0.25, 0.3) is 0 Å². The van der Waals surface area contributed by atoms with Crippen molar-refractivity contribution in [3.05, 3.63) is 84.6 Å². The second-order valence-electron chi connectivity index (χ2n) is 7.60. The van der Waals surface area contributed by atoms with E-state index in [1.807, 2.05) is 60.8 Å². The van der Waals surface area contributed by atoms with E-state index < -0.39 is 10.1 Å². The molecule has 7 heteroatoms. The average Bonchev–Trinajstić information content (AvgIpc) is 2.96. The van der Waals surface area contributed by atoms with E-state index >= 15 is 0 Å². The zero-order valence-corrected chi connectivity index (χ0v) is 21.3. The third-order valence-corrected chi connectivity index (χ3v) is 6.33. The molecule has 1 aliphatic rings. The maximum Gasteiger partial charge on any atom is 1.00 e. The number of allylic oxidation sites excluding steroid dienone is 3. The first kappa shape index (κ1) is 25.6. The van der Waals surface area contributed by atoms with Crippen molar-refractivity contribution in [1.82, 2.24) is 0 Å². The minimum atomic E-state index is -3.97. The van der Waals surface area contributed by atoms with Gasteiger partial charge in [0.05, 0.1) is 11.2 Å². The Morgan fingerprint density at radius 3 is 2.45 bits per heavy atom. The van der Waals surface area contributed by atoms with Gasteiger partial charge in [0.2, 0.25) is 5.69 Å². The second kappa shape index (κ2) is 11.2. The molecule has 3 rings (SSSR count). The topological polar surface area (TPSA) is 69.4 Å². The fraction of sp³-hybridized carbons (Fsp3) is 0.292. The van der Waals surface area contributed by atoms with Crippen molar-refractivity contribution in [1.29, 1.82) is 0 Å².